The third-order valence-electron chi connectivity index (χ3n) is 3.53. The molecular formula is C16H22O3SSi. The fourth-order valence-electron chi connectivity index (χ4n) is 2.60. The summed E-state index contributed by atoms with van der Waals surface area (Å²) in [7, 11) is -5.80. The maximum atomic E-state index is 11.1. The first kappa shape index (κ1) is 17.6. The van der Waals surface area contributed by atoms with Gasteiger partial charge in [0.05, 0.1) is 13.0 Å². The van der Waals surface area contributed by atoms with Crippen molar-refractivity contribution in [2.45, 2.75) is 29.1 Å². The fraction of sp³-hybridized carbons (Fsp3) is 0.250. The molecule has 0 radical (unpaired) electrons. The fourth-order valence-corrected chi connectivity index (χ4v) is 6.95. The third kappa shape index (κ3) is 5.11. The van der Waals surface area contributed by atoms with Gasteiger partial charge in [0.25, 0.3) is 10.1 Å². The van der Waals surface area contributed by atoms with E-state index in [1.54, 1.807) is 12.1 Å². The maximum Gasteiger partial charge on any atom is 0.294 e. The van der Waals surface area contributed by atoms with Crippen molar-refractivity contribution in [2.24, 2.45) is 0 Å². The Bertz CT molecular complexity index is 576. The van der Waals surface area contributed by atoms with Crippen molar-refractivity contribution in [3.8, 4) is 0 Å². The zero-order chi connectivity index (χ0) is 15.9. The molecule has 0 aliphatic rings. The minimum absolute atomic E-state index is 0.0744. The summed E-state index contributed by atoms with van der Waals surface area (Å²) in [6, 6.07) is 10.2. The van der Waals surface area contributed by atoms with Crippen LogP contribution in [0.15, 0.2) is 67.1 Å². The van der Waals surface area contributed by atoms with Crippen LogP contribution in [0.4, 0.5) is 0 Å². The number of hydrogen-bond acceptors (Lipinski definition) is 2. The molecule has 0 aromatic heterocycles. The predicted octanol–water partition coefficient (Wildman–Crippen LogP) is 4.02. The molecule has 0 aliphatic carbocycles. The van der Waals surface area contributed by atoms with Gasteiger partial charge in [-0.05, 0) is 36.3 Å². The molecule has 0 heterocycles. The summed E-state index contributed by atoms with van der Waals surface area (Å²) in [6.07, 6.45) is 5.85. The van der Waals surface area contributed by atoms with Gasteiger partial charge in [0, 0.05) is 0 Å². The molecule has 0 unspecified atom stereocenters. The van der Waals surface area contributed by atoms with Crippen molar-refractivity contribution in [3.05, 3.63) is 67.8 Å². The lowest BCUT2D eigenvalue weighted by Gasteiger charge is -2.29. The van der Waals surface area contributed by atoms with Crippen molar-refractivity contribution in [3.63, 3.8) is 0 Å². The molecule has 114 valence electrons. The topological polar surface area (TPSA) is 54.4 Å². The van der Waals surface area contributed by atoms with Gasteiger partial charge in [-0.15, -0.1) is 19.7 Å². The third-order valence-corrected chi connectivity index (χ3v) is 9.02. The number of hydrogen-bond donors (Lipinski definition) is 1. The Morgan fingerprint density at radius 3 is 1.71 bits per heavy atom. The van der Waals surface area contributed by atoms with E-state index in [9.17, 15) is 8.42 Å². The van der Waals surface area contributed by atoms with Crippen molar-refractivity contribution >= 4 is 18.2 Å². The van der Waals surface area contributed by atoms with E-state index in [1.807, 2.05) is 18.2 Å². The Balaban J connectivity index is 3.05. The van der Waals surface area contributed by atoms with E-state index in [0.717, 1.165) is 29.7 Å². The van der Waals surface area contributed by atoms with Crippen LogP contribution in [0.2, 0.25) is 18.1 Å². The van der Waals surface area contributed by atoms with E-state index in [1.165, 1.54) is 12.1 Å². The molecule has 1 N–H and O–H groups in total. The summed E-state index contributed by atoms with van der Waals surface area (Å²) < 4.78 is 31.1. The predicted molar refractivity (Wildman–Crippen MR) is 90.7 cm³/mol. The summed E-state index contributed by atoms with van der Waals surface area (Å²) in [5.41, 5.74) is 1.07. The molecule has 1 aromatic rings. The van der Waals surface area contributed by atoms with Crippen LogP contribution in [0.5, 0.6) is 0 Å². The van der Waals surface area contributed by atoms with Crippen LogP contribution in [0.25, 0.3) is 0 Å². The lowest BCUT2D eigenvalue weighted by molar-refractivity contribution is 0.483. The molecule has 21 heavy (non-hydrogen) atoms. The second kappa shape index (κ2) is 7.54. The number of benzene rings is 1. The van der Waals surface area contributed by atoms with Gasteiger partial charge < -0.3 is 0 Å². The van der Waals surface area contributed by atoms with Crippen molar-refractivity contribution < 1.29 is 13.0 Å². The van der Waals surface area contributed by atoms with Crippen LogP contribution < -0.4 is 0 Å². The highest BCUT2D eigenvalue weighted by molar-refractivity contribution is 7.85. The molecule has 1 rings (SSSR count). The number of allylic oxidation sites excluding steroid dienone is 3. The second-order valence-electron chi connectivity index (χ2n) is 5.27. The summed E-state index contributed by atoms with van der Waals surface area (Å²) in [6.45, 7) is 11.6. The Labute approximate surface area is 128 Å². The van der Waals surface area contributed by atoms with Crippen LogP contribution in [-0.2, 0) is 16.2 Å². The minimum Gasteiger partial charge on any atom is -0.282 e. The molecule has 1 aromatic carbocycles. The van der Waals surface area contributed by atoms with Gasteiger partial charge in [0.2, 0.25) is 0 Å². The monoisotopic (exact) mass is 322 g/mol. The Morgan fingerprint density at radius 2 is 1.38 bits per heavy atom. The molecule has 0 fully saturated rings. The molecule has 0 aliphatic heterocycles. The van der Waals surface area contributed by atoms with Gasteiger partial charge in [-0.2, -0.15) is 8.42 Å². The first-order valence-electron chi connectivity index (χ1n) is 6.76. The van der Waals surface area contributed by atoms with Crippen molar-refractivity contribution in [1.82, 2.24) is 0 Å². The zero-order valence-corrected chi connectivity index (χ0v) is 14.0. The van der Waals surface area contributed by atoms with Crippen LogP contribution in [-0.4, -0.2) is 21.0 Å². The highest BCUT2D eigenvalue weighted by Crippen LogP contribution is 2.27. The molecule has 0 amide bonds. The largest absolute Gasteiger partial charge is 0.294 e. The van der Waals surface area contributed by atoms with Crippen molar-refractivity contribution in [2.75, 3.05) is 0 Å². The highest BCUT2D eigenvalue weighted by Gasteiger charge is 2.29. The van der Waals surface area contributed by atoms with Crippen LogP contribution in [0, 0.1) is 0 Å². The van der Waals surface area contributed by atoms with Gasteiger partial charge in [-0.25, -0.2) is 0 Å². The maximum absolute atomic E-state index is 11.1. The molecule has 0 spiro atoms. The molecule has 3 nitrogen and oxygen atoms in total. The lowest BCUT2D eigenvalue weighted by atomic mass is 10.2. The molecule has 0 saturated heterocycles. The van der Waals surface area contributed by atoms with Crippen LogP contribution >= 0.6 is 0 Å². The molecule has 0 saturated carbocycles. The molecular weight excluding hydrogens is 300 g/mol. The average Bonchev–Trinajstić information content (AvgIpc) is 2.39. The van der Waals surface area contributed by atoms with Crippen LogP contribution in [0.1, 0.15) is 5.56 Å². The van der Waals surface area contributed by atoms with Gasteiger partial charge in [0.15, 0.2) is 0 Å². The Morgan fingerprint density at radius 1 is 0.952 bits per heavy atom. The molecule has 0 bridgehead atoms. The summed E-state index contributed by atoms with van der Waals surface area (Å²) >= 11 is 0. The van der Waals surface area contributed by atoms with Gasteiger partial charge in [-0.3, -0.25) is 4.55 Å². The highest BCUT2D eigenvalue weighted by atomic mass is 32.2. The molecule has 0 atom stereocenters. The van der Waals surface area contributed by atoms with Gasteiger partial charge in [-0.1, -0.05) is 35.9 Å². The lowest BCUT2D eigenvalue weighted by Crippen LogP contribution is -2.35. The second-order valence-corrected chi connectivity index (χ2v) is 11.3. The van der Waals surface area contributed by atoms with Crippen molar-refractivity contribution in [1.29, 1.82) is 0 Å². The summed E-state index contributed by atoms with van der Waals surface area (Å²) in [5.74, 6) is 0. The first-order valence-corrected chi connectivity index (χ1v) is 11.0. The first-order chi connectivity index (χ1) is 9.87. The van der Waals surface area contributed by atoms with Gasteiger partial charge in [0.1, 0.15) is 0 Å². The van der Waals surface area contributed by atoms with Crippen LogP contribution in [0.3, 0.4) is 0 Å². The van der Waals surface area contributed by atoms with E-state index in [2.05, 4.69) is 19.7 Å². The summed E-state index contributed by atoms with van der Waals surface area (Å²) in [5, 5.41) is 0. The van der Waals surface area contributed by atoms with E-state index in [-0.39, 0.29) is 4.90 Å². The summed E-state index contributed by atoms with van der Waals surface area (Å²) in [4.78, 5) is -0.0744. The Hall–Kier alpha value is -1.43. The number of rotatable bonds is 9. The average molecular weight is 323 g/mol. The zero-order valence-electron chi connectivity index (χ0n) is 12.2. The van der Waals surface area contributed by atoms with Gasteiger partial charge >= 0.3 is 0 Å². The van der Waals surface area contributed by atoms with E-state index < -0.39 is 18.2 Å². The Kier molecular flexibility index (Phi) is 6.33. The standard InChI is InChI=1S/C16H22O3SSi/c1-4-11-21(12-5-2,13-6-3)14-15-7-9-16(10-8-15)20(17,18)19/h4-10H,1-3,11-14H2,(H,17,18,19). The SMILES string of the molecule is C=CC[Si](CC=C)(CC=C)Cc1ccc(S(=O)(=O)O)cc1. The van der Waals surface area contributed by atoms with E-state index in [0.29, 0.717) is 0 Å². The van der Waals surface area contributed by atoms with E-state index >= 15 is 0 Å². The minimum atomic E-state index is -4.13. The molecule has 5 heteroatoms. The normalized spacial score (nSPS) is 11.9. The van der Waals surface area contributed by atoms with E-state index in [4.69, 9.17) is 4.55 Å². The quantitative estimate of drug-likeness (QED) is 0.424. The smallest absolute Gasteiger partial charge is 0.282 e.